The third kappa shape index (κ3) is 4.68. The number of carbonyl (C=O) groups is 1. The number of carbonyl (C=O) groups excluding carboxylic acids is 1. The zero-order valence-corrected chi connectivity index (χ0v) is 22.0. The molecule has 36 heavy (non-hydrogen) atoms. The van der Waals surface area contributed by atoms with Crippen LogP contribution in [0.5, 0.6) is 5.75 Å². The van der Waals surface area contributed by atoms with Gasteiger partial charge in [-0.1, -0.05) is 19.8 Å². The first-order chi connectivity index (χ1) is 17.2. The molecule has 0 atom stereocenters. The Morgan fingerprint density at radius 3 is 2.56 bits per heavy atom. The first-order valence-electron chi connectivity index (χ1n) is 12.9. The Hall–Kier alpha value is -2.73. The third-order valence-electron chi connectivity index (χ3n) is 7.24. The van der Waals surface area contributed by atoms with Crippen molar-refractivity contribution in [2.75, 3.05) is 23.3 Å². The molecule has 0 spiro atoms. The van der Waals surface area contributed by atoms with E-state index >= 15 is 0 Å². The number of piperidine rings is 1. The van der Waals surface area contributed by atoms with E-state index in [4.69, 9.17) is 9.72 Å². The summed E-state index contributed by atoms with van der Waals surface area (Å²) in [6, 6.07) is 0.145. The first-order valence-corrected chi connectivity index (χ1v) is 14.3. The van der Waals surface area contributed by atoms with E-state index in [2.05, 4.69) is 15.4 Å². The third-order valence-corrected chi connectivity index (χ3v) is 9.09. The molecule has 1 saturated carbocycles. The molecule has 1 N–H and O–H groups in total. The van der Waals surface area contributed by atoms with Crippen LogP contribution in [0.4, 0.5) is 11.8 Å². The summed E-state index contributed by atoms with van der Waals surface area (Å²) in [5.41, 5.74) is -0.959. The summed E-state index contributed by atoms with van der Waals surface area (Å²) in [5, 5.41) is 7.52. The Balaban J connectivity index is 1.27. The highest BCUT2D eigenvalue weighted by atomic mass is 32.2. The molecule has 0 aromatic carbocycles. The fourth-order valence-corrected chi connectivity index (χ4v) is 6.71. The zero-order chi connectivity index (χ0) is 25.5. The second-order valence-electron chi connectivity index (χ2n) is 10.4. The van der Waals surface area contributed by atoms with Gasteiger partial charge in [0.05, 0.1) is 12.4 Å². The molecule has 4 heterocycles. The van der Waals surface area contributed by atoms with Crippen molar-refractivity contribution >= 4 is 27.7 Å². The van der Waals surface area contributed by atoms with Gasteiger partial charge in [-0.3, -0.25) is 14.4 Å². The predicted octanol–water partition coefficient (Wildman–Crippen LogP) is 2.79. The van der Waals surface area contributed by atoms with Crippen LogP contribution in [0.2, 0.25) is 0 Å². The lowest BCUT2D eigenvalue weighted by atomic mass is 10.0. The van der Waals surface area contributed by atoms with Crippen LogP contribution in [0.3, 0.4) is 0 Å². The summed E-state index contributed by atoms with van der Waals surface area (Å²) in [4.78, 5) is 24.4. The molecule has 0 unspecified atom stereocenters. The maximum atomic E-state index is 13.2. The maximum absolute atomic E-state index is 13.2. The smallest absolute Gasteiger partial charge is 0.272 e. The Bertz CT molecular complexity index is 1210. The van der Waals surface area contributed by atoms with Gasteiger partial charge in [0.1, 0.15) is 4.90 Å². The van der Waals surface area contributed by atoms with Gasteiger partial charge in [0.15, 0.2) is 17.2 Å². The van der Waals surface area contributed by atoms with Crippen LogP contribution in [0.25, 0.3) is 0 Å². The molecule has 0 bridgehead atoms. The van der Waals surface area contributed by atoms with Crippen LogP contribution in [0, 0.1) is 0 Å². The molecule has 3 aliphatic rings. The van der Waals surface area contributed by atoms with Gasteiger partial charge in [0.2, 0.25) is 16.0 Å². The van der Waals surface area contributed by atoms with Crippen molar-refractivity contribution in [1.82, 2.24) is 24.1 Å². The van der Waals surface area contributed by atoms with Gasteiger partial charge in [0, 0.05) is 37.9 Å². The quantitative estimate of drug-likeness (QED) is 0.595. The number of nitrogens with one attached hydrogen (secondary N) is 1. The molecule has 196 valence electrons. The van der Waals surface area contributed by atoms with Crippen molar-refractivity contribution in [3.63, 3.8) is 0 Å². The van der Waals surface area contributed by atoms with Gasteiger partial charge in [0.25, 0.3) is 5.91 Å². The Morgan fingerprint density at radius 1 is 1.14 bits per heavy atom. The van der Waals surface area contributed by atoms with E-state index in [1.165, 1.54) is 10.5 Å². The van der Waals surface area contributed by atoms with E-state index in [1.54, 1.807) is 30.9 Å². The minimum atomic E-state index is -3.57. The molecule has 11 nitrogen and oxygen atoms in total. The Morgan fingerprint density at radius 2 is 1.86 bits per heavy atom. The second-order valence-corrected chi connectivity index (χ2v) is 12.3. The molecule has 0 radical (unpaired) electrons. The van der Waals surface area contributed by atoms with Crippen LogP contribution in [-0.2, 0) is 21.4 Å². The van der Waals surface area contributed by atoms with E-state index in [1.807, 2.05) is 11.8 Å². The Labute approximate surface area is 212 Å². The standard InChI is InChI=1S/C24H35N7O4S/c1-4-11-29-16-19(14-26-29)36(33,34)30-12-9-17(10-13-30)27-23-25-15-20-21(28-23)31(18-7-5-6-8-18)22(32)24(2,3)35-20/h14-18H,4-13H2,1-3H3,(H,25,27,28). The molecule has 1 aliphatic carbocycles. The summed E-state index contributed by atoms with van der Waals surface area (Å²) >= 11 is 0. The number of aryl methyl sites for hydroxylation is 1. The van der Waals surface area contributed by atoms with E-state index in [9.17, 15) is 13.2 Å². The zero-order valence-electron chi connectivity index (χ0n) is 21.2. The molecular weight excluding hydrogens is 482 g/mol. The monoisotopic (exact) mass is 517 g/mol. The van der Waals surface area contributed by atoms with Gasteiger partial charge in [-0.2, -0.15) is 14.4 Å². The number of fused-ring (bicyclic) bond motifs is 1. The summed E-state index contributed by atoms with van der Waals surface area (Å²) < 4.78 is 35.2. The van der Waals surface area contributed by atoms with Crippen LogP contribution in [0.15, 0.2) is 23.5 Å². The molecule has 1 amide bonds. The van der Waals surface area contributed by atoms with Crippen LogP contribution >= 0.6 is 0 Å². The Kier molecular flexibility index (Phi) is 6.67. The highest BCUT2D eigenvalue weighted by Crippen LogP contribution is 2.40. The molecule has 12 heteroatoms. The van der Waals surface area contributed by atoms with Crippen LogP contribution in [-0.4, -0.2) is 69.2 Å². The summed E-state index contributed by atoms with van der Waals surface area (Å²) in [5.74, 6) is 1.39. The number of aromatic nitrogens is 4. The number of amides is 1. The second kappa shape index (κ2) is 9.62. The number of rotatable bonds is 7. The van der Waals surface area contributed by atoms with Gasteiger partial charge < -0.3 is 10.1 Å². The van der Waals surface area contributed by atoms with Crippen molar-refractivity contribution in [2.24, 2.45) is 0 Å². The normalized spacial score (nSPS) is 21.4. The molecule has 2 aromatic heterocycles. The summed E-state index contributed by atoms with van der Waals surface area (Å²) in [7, 11) is -3.57. The van der Waals surface area contributed by atoms with Crippen molar-refractivity contribution in [3.8, 4) is 5.75 Å². The topological polar surface area (TPSA) is 123 Å². The number of nitrogens with zero attached hydrogens (tertiary/aromatic N) is 6. The molecule has 2 fully saturated rings. The average Bonchev–Trinajstić information content (AvgIpc) is 3.54. The molecule has 1 saturated heterocycles. The van der Waals surface area contributed by atoms with Gasteiger partial charge in [-0.25, -0.2) is 13.4 Å². The van der Waals surface area contributed by atoms with Crippen LogP contribution < -0.4 is 15.0 Å². The van der Waals surface area contributed by atoms with Crippen molar-refractivity contribution in [3.05, 3.63) is 18.6 Å². The summed E-state index contributed by atoms with van der Waals surface area (Å²) in [6.07, 6.45) is 10.9. The maximum Gasteiger partial charge on any atom is 0.272 e. The highest BCUT2D eigenvalue weighted by Gasteiger charge is 2.45. The van der Waals surface area contributed by atoms with E-state index in [0.717, 1.165) is 32.1 Å². The largest absolute Gasteiger partial charge is 0.472 e. The number of hydrogen-bond donors (Lipinski definition) is 1. The molecule has 5 rings (SSSR count). The lowest BCUT2D eigenvalue weighted by Crippen LogP contribution is -2.56. The number of sulfonamides is 1. The number of ether oxygens (including phenoxy) is 1. The highest BCUT2D eigenvalue weighted by molar-refractivity contribution is 7.89. The van der Waals surface area contributed by atoms with Gasteiger partial charge >= 0.3 is 0 Å². The van der Waals surface area contributed by atoms with Crippen molar-refractivity contribution < 1.29 is 17.9 Å². The van der Waals surface area contributed by atoms with Crippen molar-refractivity contribution in [2.45, 2.75) is 94.8 Å². The molecule has 2 aliphatic heterocycles. The average molecular weight is 518 g/mol. The minimum Gasteiger partial charge on any atom is -0.472 e. The van der Waals surface area contributed by atoms with Crippen molar-refractivity contribution in [1.29, 1.82) is 0 Å². The molecular formula is C24H35N7O4S. The SMILES string of the molecule is CCCn1cc(S(=O)(=O)N2CCC(Nc3ncc4c(n3)N(C3CCCC3)C(=O)C(C)(C)O4)CC2)cn1. The van der Waals surface area contributed by atoms with Crippen LogP contribution in [0.1, 0.15) is 65.7 Å². The van der Waals surface area contributed by atoms with E-state index in [0.29, 0.717) is 50.0 Å². The minimum absolute atomic E-state index is 0.0221. The molecule has 2 aromatic rings. The first kappa shape index (κ1) is 24.9. The van der Waals surface area contributed by atoms with E-state index < -0.39 is 15.6 Å². The lowest BCUT2D eigenvalue weighted by molar-refractivity contribution is -0.133. The number of hydrogen-bond acceptors (Lipinski definition) is 8. The van der Waals surface area contributed by atoms with Gasteiger partial charge in [-0.05, 0) is 46.0 Å². The fraction of sp³-hybridized carbons (Fsp3) is 0.667. The van der Waals surface area contributed by atoms with E-state index in [-0.39, 0.29) is 22.9 Å². The lowest BCUT2D eigenvalue weighted by Gasteiger charge is -2.40. The predicted molar refractivity (Wildman–Crippen MR) is 134 cm³/mol. The number of anilines is 2. The van der Waals surface area contributed by atoms with Gasteiger partial charge in [-0.15, -0.1) is 0 Å². The summed E-state index contributed by atoms with van der Waals surface area (Å²) in [6.45, 7) is 7.07. The fourth-order valence-electron chi connectivity index (χ4n) is 5.28.